The summed E-state index contributed by atoms with van der Waals surface area (Å²) in [5.41, 5.74) is 10.2. The minimum atomic E-state index is 0.565. The molecule has 72 valence electrons. The molecule has 0 atom stereocenters. The van der Waals surface area contributed by atoms with Gasteiger partial charge in [-0.15, -0.1) is 0 Å². The molecule has 0 saturated carbocycles. The molecule has 2 N–H and O–H groups in total. The van der Waals surface area contributed by atoms with E-state index in [1.54, 1.807) is 6.92 Å². The van der Waals surface area contributed by atoms with Crippen LogP contribution >= 0.6 is 0 Å². The molecule has 1 aromatic carbocycles. The number of aryl methyl sites for hydroxylation is 2. The van der Waals surface area contributed by atoms with Crippen molar-refractivity contribution in [3.05, 3.63) is 40.5 Å². The summed E-state index contributed by atoms with van der Waals surface area (Å²) in [6.07, 6.45) is 0. The first-order chi connectivity index (χ1) is 6.54. The zero-order valence-electron chi connectivity index (χ0n) is 8.76. The number of nitriles is 1. The zero-order valence-corrected chi connectivity index (χ0v) is 8.76. The predicted octanol–water partition coefficient (Wildman–Crippen LogP) is 2.52. The predicted molar refractivity (Wildman–Crippen MR) is 58.3 cm³/mol. The third kappa shape index (κ3) is 2.14. The Balaban J connectivity index is 3.28. The molecule has 0 unspecified atom stereocenters. The topological polar surface area (TPSA) is 49.8 Å². The van der Waals surface area contributed by atoms with E-state index < -0.39 is 0 Å². The van der Waals surface area contributed by atoms with Crippen LogP contribution in [0.1, 0.15) is 23.6 Å². The van der Waals surface area contributed by atoms with E-state index in [4.69, 9.17) is 11.0 Å². The molecule has 0 saturated heterocycles. The van der Waals surface area contributed by atoms with Crippen molar-refractivity contribution in [1.82, 2.24) is 0 Å². The molecule has 0 aliphatic heterocycles. The lowest BCUT2D eigenvalue weighted by molar-refractivity contribution is 1.33. The van der Waals surface area contributed by atoms with Gasteiger partial charge in [0.1, 0.15) is 0 Å². The Morgan fingerprint density at radius 3 is 2.14 bits per heavy atom. The number of rotatable bonds is 1. The summed E-state index contributed by atoms with van der Waals surface area (Å²) < 4.78 is 0. The van der Waals surface area contributed by atoms with Crippen molar-refractivity contribution in [3.8, 4) is 6.07 Å². The average molecular weight is 186 g/mol. The first-order valence-corrected chi connectivity index (χ1v) is 4.49. The Morgan fingerprint density at radius 1 is 1.21 bits per heavy atom. The van der Waals surface area contributed by atoms with Crippen molar-refractivity contribution in [2.45, 2.75) is 20.8 Å². The lowest BCUT2D eigenvalue weighted by Gasteiger charge is -2.05. The number of hydrogen-bond acceptors (Lipinski definition) is 2. The van der Waals surface area contributed by atoms with E-state index in [2.05, 4.69) is 12.1 Å². The number of nitrogens with two attached hydrogens (primary N) is 1. The van der Waals surface area contributed by atoms with Gasteiger partial charge in [0.2, 0.25) is 0 Å². The van der Waals surface area contributed by atoms with Crippen LogP contribution in [-0.2, 0) is 0 Å². The average Bonchev–Trinajstić information content (AvgIpc) is 2.14. The fraction of sp³-hybridized carbons (Fsp3) is 0.250. The number of nitrogens with zero attached hydrogens (tertiary/aromatic N) is 1. The molecule has 0 radical (unpaired) electrons. The summed E-state index contributed by atoms with van der Waals surface area (Å²) in [4.78, 5) is 0. The Labute approximate surface area is 84.7 Å². The smallest absolute Gasteiger partial charge is 0.0965 e. The van der Waals surface area contributed by atoms with Gasteiger partial charge in [0.25, 0.3) is 0 Å². The molecule has 0 fully saturated rings. The van der Waals surface area contributed by atoms with E-state index in [9.17, 15) is 0 Å². The maximum Gasteiger partial charge on any atom is 0.0965 e. The summed E-state index contributed by atoms with van der Waals surface area (Å²) in [7, 11) is 0. The molecule has 0 aromatic heterocycles. The van der Waals surface area contributed by atoms with E-state index in [1.807, 2.05) is 26.0 Å². The lowest BCUT2D eigenvalue weighted by Crippen LogP contribution is -2.00. The molecule has 1 aromatic rings. The number of allylic oxidation sites excluding steroid dienone is 1. The quantitative estimate of drug-likeness (QED) is 0.685. The summed E-state index contributed by atoms with van der Waals surface area (Å²) in [6, 6.07) is 8.12. The molecule has 2 nitrogen and oxygen atoms in total. The summed E-state index contributed by atoms with van der Waals surface area (Å²) in [6.45, 7) is 5.77. The molecule has 0 aliphatic rings. The van der Waals surface area contributed by atoms with Crippen LogP contribution in [0.15, 0.2) is 23.8 Å². The van der Waals surface area contributed by atoms with E-state index in [-0.39, 0.29) is 0 Å². The molecule has 0 aliphatic carbocycles. The molecule has 0 bridgehead atoms. The fourth-order valence-electron chi connectivity index (χ4n) is 1.41. The van der Waals surface area contributed by atoms with Crippen LogP contribution < -0.4 is 5.73 Å². The fourth-order valence-corrected chi connectivity index (χ4v) is 1.41. The summed E-state index contributed by atoms with van der Waals surface area (Å²) >= 11 is 0. The van der Waals surface area contributed by atoms with Crippen molar-refractivity contribution < 1.29 is 0 Å². The molecular formula is C12H14N2. The van der Waals surface area contributed by atoms with Crippen LogP contribution in [0.5, 0.6) is 0 Å². The maximum absolute atomic E-state index is 8.72. The molecule has 14 heavy (non-hydrogen) atoms. The molecular weight excluding hydrogens is 172 g/mol. The monoisotopic (exact) mass is 186 g/mol. The SMILES string of the molecule is C/C(C#N)=C(/N)c1cc(C)cc(C)c1. The highest BCUT2D eigenvalue weighted by Crippen LogP contribution is 2.16. The third-order valence-corrected chi connectivity index (χ3v) is 2.10. The highest BCUT2D eigenvalue weighted by molar-refractivity contribution is 5.69. The normalized spacial score (nSPS) is 11.9. The van der Waals surface area contributed by atoms with E-state index in [0.717, 1.165) is 16.7 Å². The zero-order chi connectivity index (χ0) is 10.7. The highest BCUT2D eigenvalue weighted by Gasteiger charge is 2.02. The van der Waals surface area contributed by atoms with Gasteiger partial charge in [-0.2, -0.15) is 5.26 Å². The summed E-state index contributed by atoms with van der Waals surface area (Å²) in [5, 5.41) is 8.72. The van der Waals surface area contributed by atoms with Crippen LogP contribution in [0.2, 0.25) is 0 Å². The second kappa shape index (κ2) is 3.97. The first-order valence-electron chi connectivity index (χ1n) is 4.49. The largest absolute Gasteiger partial charge is 0.397 e. The van der Waals surface area contributed by atoms with E-state index in [1.165, 1.54) is 0 Å². The number of benzene rings is 1. The lowest BCUT2D eigenvalue weighted by atomic mass is 10.0. The molecule has 0 amide bonds. The van der Waals surface area contributed by atoms with Crippen molar-refractivity contribution in [2.75, 3.05) is 0 Å². The third-order valence-electron chi connectivity index (χ3n) is 2.10. The van der Waals surface area contributed by atoms with Gasteiger partial charge in [-0.05, 0) is 38.5 Å². The van der Waals surface area contributed by atoms with Gasteiger partial charge in [-0.25, -0.2) is 0 Å². The summed E-state index contributed by atoms with van der Waals surface area (Å²) in [5.74, 6) is 0. The van der Waals surface area contributed by atoms with Crippen molar-refractivity contribution in [3.63, 3.8) is 0 Å². The molecule has 0 heterocycles. The Bertz CT molecular complexity index is 402. The van der Waals surface area contributed by atoms with Crippen LogP contribution in [0.4, 0.5) is 0 Å². The minimum absolute atomic E-state index is 0.565. The van der Waals surface area contributed by atoms with Crippen molar-refractivity contribution in [1.29, 1.82) is 5.26 Å². The van der Waals surface area contributed by atoms with E-state index in [0.29, 0.717) is 11.3 Å². The van der Waals surface area contributed by atoms with Crippen LogP contribution in [0.25, 0.3) is 5.70 Å². The van der Waals surface area contributed by atoms with Crippen LogP contribution in [-0.4, -0.2) is 0 Å². The minimum Gasteiger partial charge on any atom is -0.397 e. The second-order valence-electron chi connectivity index (χ2n) is 3.53. The van der Waals surface area contributed by atoms with Gasteiger partial charge in [-0.3, -0.25) is 0 Å². The van der Waals surface area contributed by atoms with Crippen LogP contribution in [0, 0.1) is 25.2 Å². The molecule has 0 spiro atoms. The van der Waals surface area contributed by atoms with E-state index >= 15 is 0 Å². The Kier molecular flexibility index (Phi) is 2.93. The highest BCUT2D eigenvalue weighted by atomic mass is 14.6. The first kappa shape index (κ1) is 10.3. The molecule has 2 heteroatoms. The number of hydrogen-bond donors (Lipinski definition) is 1. The van der Waals surface area contributed by atoms with Gasteiger partial charge < -0.3 is 5.73 Å². The van der Waals surface area contributed by atoms with Crippen molar-refractivity contribution in [2.24, 2.45) is 5.73 Å². The van der Waals surface area contributed by atoms with Gasteiger partial charge in [-0.1, -0.05) is 17.2 Å². The standard InChI is InChI=1S/C12H14N2/c1-8-4-9(2)6-11(5-8)12(14)10(3)7-13/h4-6H,14H2,1-3H3/b12-10-. The van der Waals surface area contributed by atoms with Gasteiger partial charge in [0.15, 0.2) is 0 Å². The van der Waals surface area contributed by atoms with Gasteiger partial charge in [0.05, 0.1) is 11.8 Å². The van der Waals surface area contributed by atoms with Gasteiger partial charge in [0, 0.05) is 5.57 Å². The Hall–Kier alpha value is -1.75. The maximum atomic E-state index is 8.72. The second-order valence-corrected chi connectivity index (χ2v) is 3.53. The van der Waals surface area contributed by atoms with Gasteiger partial charge >= 0.3 is 0 Å². The Morgan fingerprint density at radius 2 is 1.71 bits per heavy atom. The van der Waals surface area contributed by atoms with Crippen molar-refractivity contribution >= 4 is 5.70 Å². The molecule has 1 rings (SSSR count). The van der Waals surface area contributed by atoms with Crippen LogP contribution in [0.3, 0.4) is 0 Å².